The molecule has 1 aromatic rings. The molecule has 2 aliphatic rings. The zero-order chi connectivity index (χ0) is 11.9. The number of benzene rings is 1. The molecule has 0 spiro atoms. The molecule has 2 aliphatic heterocycles. The van der Waals surface area contributed by atoms with Crippen LogP contribution in [0.2, 0.25) is 0 Å². The van der Waals surface area contributed by atoms with Crippen molar-refractivity contribution in [3.05, 3.63) is 18.2 Å². The Morgan fingerprint density at radius 1 is 1.24 bits per heavy atom. The molecule has 1 saturated heterocycles. The molecule has 0 aromatic heterocycles. The van der Waals surface area contributed by atoms with Crippen LogP contribution in [0.3, 0.4) is 0 Å². The molecule has 1 aromatic carbocycles. The Balaban J connectivity index is 1.76. The highest BCUT2D eigenvalue weighted by Gasteiger charge is 2.31. The fraction of sp³-hybridized carbons (Fsp3) is 0.538. The molecule has 1 fully saturated rings. The summed E-state index contributed by atoms with van der Waals surface area (Å²) in [6.07, 6.45) is 1.06. The van der Waals surface area contributed by atoms with E-state index in [0.29, 0.717) is 6.04 Å². The summed E-state index contributed by atoms with van der Waals surface area (Å²) in [5, 5.41) is 3.44. The van der Waals surface area contributed by atoms with E-state index in [2.05, 4.69) is 5.32 Å². The van der Waals surface area contributed by atoms with Gasteiger partial charge in [-0.2, -0.15) is 0 Å². The van der Waals surface area contributed by atoms with Crippen molar-refractivity contribution in [1.29, 1.82) is 0 Å². The monoisotopic (exact) mass is 235 g/mol. The summed E-state index contributed by atoms with van der Waals surface area (Å²) in [5.41, 5.74) is 1.06. The standard InChI is InChI=1S/C13H17NO3/c1-13(2)16-11-4-3-9(7-12(11)17-13)14-10-5-6-15-8-10/h3-4,7,10,14H,5-6,8H2,1-2H3. The zero-order valence-electron chi connectivity index (χ0n) is 10.2. The van der Waals surface area contributed by atoms with Crippen molar-refractivity contribution in [2.75, 3.05) is 18.5 Å². The van der Waals surface area contributed by atoms with Crippen molar-refractivity contribution in [3.8, 4) is 11.5 Å². The summed E-state index contributed by atoms with van der Waals surface area (Å²) in [5.74, 6) is 1.05. The number of hydrogen-bond donors (Lipinski definition) is 1. The molecule has 4 heteroatoms. The molecule has 3 rings (SSSR count). The lowest BCUT2D eigenvalue weighted by Crippen LogP contribution is -2.29. The average Bonchev–Trinajstić information content (AvgIpc) is 2.83. The maximum atomic E-state index is 5.71. The summed E-state index contributed by atoms with van der Waals surface area (Å²) in [7, 11) is 0. The molecule has 1 unspecified atom stereocenters. The maximum absolute atomic E-state index is 5.71. The molecule has 0 radical (unpaired) electrons. The average molecular weight is 235 g/mol. The second-order valence-corrected chi connectivity index (χ2v) is 4.97. The van der Waals surface area contributed by atoms with Gasteiger partial charge in [-0.15, -0.1) is 0 Å². The van der Waals surface area contributed by atoms with Crippen LogP contribution >= 0.6 is 0 Å². The molecule has 17 heavy (non-hydrogen) atoms. The smallest absolute Gasteiger partial charge is 0.246 e. The van der Waals surface area contributed by atoms with Gasteiger partial charge in [0.15, 0.2) is 11.5 Å². The van der Waals surface area contributed by atoms with E-state index in [1.807, 2.05) is 32.0 Å². The van der Waals surface area contributed by atoms with Gasteiger partial charge >= 0.3 is 0 Å². The normalized spacial score (nSPS) is 24.9. The molecule has 1 atom stereocenters. The first kappa shape index (κ1) is 10.7. The lowest BCUT2D eigenvalue weighted by atomic mass is 10.2. The topological polar surface area (TPSA) is 39.7 Å². The number of nitrogens with one attached hydrogen (secondary N) is 1. The van der Waals surface area contributed by atoms with Gasteiger partial charge in [0, 0.05) is 32.2 Å². The van der Waals surface area contributed by atoms with E-state index in [4.69, 9.17) is 14.2 Å². The van der Waals surface area contributed by atoms with Crippen LogP contribution in [0.5, 0.6) is 11.5 Å². The van der Waals surface area contributed by atoms with Crippen molar-refractivity contribution in [2.45, 2.75) is 32.1 Å². The number of ether oxygens (including phenoxy) is 3. The fourth-order valence-electron chi connectivity index (χ4n) is 2.20. The third kappa shape index (κ3) is 2.17. The molecule has 1 N–H and O–H groups in total. The molecule has 92 valence electrons. The quantitative estimate of drug-likeness (QED) is 0.854. The predicted molar refractivity (Wildman–Crippen MR) is 64.6 cm³/mol. The Morgan fingerprint density at radius 2 is 2.06 bits per heavy atom. The van der Waals surface area contributed by atoms with Crippen molar-refractivity contribution >= 4 is 5.69 Å². The fourth-order valence-corrected chi connectivity index (χ4v) is 2.20. The maximum Gasteiger partial charge on any atom is 0.246 e. The minimum Gasteiger partial charge on any atom is -0.449 e. The van der Waals surface area contributed by atoms with Gasteiger partial charge < -0.3 is 19.5 Å². The SMILES string of the molecule is CC1(C)Oc2ccc(NC3CCOC3)cc2O1. The van der Waals surface area contributed by atoms with Gasteiger partial charge in [-0.05, 0) is 18.6 Å². The third-order valence-corrected chi connectivity index (χ3v) is 2.96. The molecule has 0 amide bonds. The molecule has 0 saturated carbocycles. The Kier molecular flexibility index (Phi) is 2.40. The van der Waals surface area contributed by atoms with Crippen LogP contribution in [-0.4, -0.2) is 25.0 Å². The zero-order valence-corrected chi connectivity index (χ0v) is 10.2. The highest BCUT2D eigenvalue weighted by molar-refractivity contribution is 5.56. The molecule has 2 heterocycles. The van der Waals surface area contributed by atoms with Gasteiger partial charge in [-0.1, -0.05) is 0 Å². The van der Waals surface area contributed by atoms with Crippen LogP contribution in [0.15, 0.2) is 18.2 Å². The highest BCUT2D eigenvalue weighted by atomic mass is 16.7. The van der Waals surface area contributed by atoms with Gasteiger partial charge in [-0.3, -0.25) is 0 Å². The Labute approximate surface area is 101 Å². The van der Waals surface area contributed by atoms with Crippen molar-refractivity contribution in [3.63, 3.8) is 0 Å². The van der Waals surface area contributed by atoms with Crippen molar-refractivity contribution in [1.82, 2.24) is 0 Å². The summed E-state index contributed by atoms with van der Waals surface area (Å²) in [6, 6.07) is 6.36. The van der Waals surface area contributed by atoms with Crippen LogP contribution in [0.1, 0.15) is 20.3 Å². The molecule has 4 nitrogen and oxygen atoms in total. The van der Waals surface area contributed by atoms with E-state index < -0.39 is 5.79 Å². The second-order valence-electron chi connectivity index (χ2n) is 4.97. The van der Waals surface area contributed by atoms with Crippen molar-refractivity contribution < 1.29 is 14.2 Å². The third-order valence-electron chi connectivity index (χ3n) is 2.96. The minimum absolute atomic E-state index is 0.406. The van der Waals surface area contributed by atoms with Crippen molar-refractivity contribution in [2.24, 2.45) is 0 Å². The molecule has 0 aliphatic carbocycles. The van der Waals surface area contributed by atoms with Crippen LogP contribution in [0, 0.1) is 0 Å². The first-order chi connectivity index (χ1) is 8.12. The van der Waals surface area contributed by atoms with E-state index in [-0.39, 0.29) is 0 Å². The van der Waals surface area contributed by atoms with Gasteiger partial charge in [0.25, 0.3) is 0 Å². The first-order valence-electron chi connectivity index (χ1n) is 5.99. The van der Waals surface area contributed by atoms with E-state index in [1.165, 1.54) is 0 Å². The number of anilines is 1. The van der Waals surface area contributed by atoms with Crippen LogP contribution in [0.25, 0.3) is 0 Å². The minimum atomic E-state index is -0.558. The van der Waals surface area contributed by atoms with Gasteiger partial charge in [0.2, 0.25) is 5.79 Å². The second kappa shape index (κ2) is 3.81. The lowest BCUT2D eigenvalue weighted by molar-refractivity contribution is -0.0431. The first-order valence-corrected chi connectivity index (χ1v) is 5.99. The Morgan fingerprint density at radius 3 is 2.82 bits per heavy atom. The van der Waals surface area contributed by atoms with Gasteiger partial charge in [-0.25, -0.2) is 0 Å². The van der Waals surface area contributed by atoms with E-state index in [0.717, 1.165) is 36.8 Å². The van der Waals surface area contributed by atoms with Crippen LogP contribution in [-0.2, 0) is 4.74 Å². The predicted octanol–water partition coefficient (Wildman–Crippen LogP) is 2.39. The van der Waals surface area contributed by atoms with E-state index in [9.17, 15) is 0 Å². The van der Waals surface area contributed by atoms with E-state index in [1.54, 1.807) is 0 Å². The Bertz CT molecular complexity index is 425. The van der Waals surface area contributed by atoms with Gasteiger partial charge in [0.1, 0.15) is 0 Å². The summed E-state index contributed by atoms with van der Waals surface area (Å²) in [4.78, 5) is 0. The summed E-state index contributed by atoms with van der Waals surface area (Å²) >= 11 is 0. The molecular formula is C13H17NO3. The Hall–Kier alpha value is -1.42. The molecular weight excluding hydrogens is 218 g/mol. The largest absolute Gasteiger partial charge is 0.449 e. The summed E-state index contributed by atoms with van der Waals surface area (Å²) < 4.78 is 16.7. The number of rotatable bonds is 2. The van der Waals surface area contributed by atoms with Crippen LogP contribution < -0.4 is 14.8 Å². The van der Waals surface area contributed by atoms with Gasteiger partial charge in [0.05, 0.1) is 12.6 Å². The highest BCUT2D eigenvalue weighted by Crippen LogP contribution is 2.40. The van der Waals surface area contributed by atoms with E-state index >= 15 is 0 Å². The number of fused-ring (bicyclic) bond motifs is 1. The number of hydrogen-bond acceptors (Lipinski definition) is 4. The van der Waals surface area contributed by atoms with Crippen LogP contribution in [0.4, 0.5) is 5.69 Å². The molecule has 0 bridgehead atoms. The lowest BCUT2D eigenvalue weighted by Gasteiger charge is -2.16. The summed E-state index contributed by atoms with van der Waals surface area (Å²) in [6.45, 7) is 5.44.